The van der Waals surface area contributed by atoms with Gasteiger partial charge in [-0.25, -0.2) is 0 Å². The number of nitrogens with two attached hydrogens (primary N) is 1. The number of hydrogen-bond donors (Lipinski definition) is 1. The van der Waals surface area contributed by atoms with Crippen LogP contribution >= 0.6 is 23.4 Å². The maximum atomic E-state index is 5.92. The minimum Gasteiger partial charge on any atom is -0.402 e. The molecule has 0 bridgehead atoms. The molecule has 0 aliphatic heterocycles. The summed E-state index contributed by atoms with van der Waals surface area (Å²) in [6.45, 7) is 3.61. The summed E-state index contributed by atoms with van der Waals surface area (Å²) in [6.07, 6.45) is 0. The van der Waals surface area contributed by atoms with Gasteiger partial charge in [-0.15, -0.1) is 11.8 Å². The van der Waals surface area contributed by atoms with Gasteiger partial charge in [0.1, 0.15) is 0 Å². The standard InChI is InChI=1S/C9H10ClNS/c1-7(11)6-12-9-5-3-2-4-8(9)10/h2-5H,1,6,11H2. The van der Waals surface area contributed by atoms with Crippen molar-refractivity contribution in [2.45, 2.75) is 4.90 Å². The lowest BCUT2D eigenvalue weighted by atomic mass is 10.4. The molecule has 0 aromatic heterocycles. The first-order valence-electron chi connectivity index (χ1n) is 3.50. The molecule has 0 aliphatic carbocycles. The quantitative estimate of drug-likeness (QED) is 0.758. The molecule has 1 aromatic carbocycles. The van der Waals surface area contributed by atoms with Crippen LogP contribution in [0, 0.1) is 0 Å². The summed E-state index contributed by atoms with van der Waals surface area (Å²) in [7, 11) is 0. The number of halogens is 1. The average molecular weight is 200 g/mol. The van der Waals surface area contributed by atoms with Crippen LogP contribution in [0.4, 0.5) is 0 Å². The molecular formula is C9H10ClNS. The van der Waals surface area contributed by atoms with Gasteiger partial charge in [-0.2, -0.15) is 0 Å². The monoisotopic (exact) mass is 199 g/mol. The van der Waals surface area contributed by atoms with Crippen molar-refractivity contribution >= 4 is 23.4 Å². The third-order valence-electron chi connectivity index (χ3n) is 1.25. The Morgan fingerprint density at radius 1 is 1.50 bits per heavy atom. The van der Waals surface area contributed by atoms with E-state index < -0.39 is 0 Å². The Kier molecular flexibility index (Phi) is 3.50. The summed E-state index contributed by atoms with van der Waals surface area (Å²) in [4.78, 5) is 1.05. The Morgan fingerprint density at radius 2 is 2.17 bits per heavy atom. The average Bonchev–Trinajstić information content (AvgIpc) is 2.03. The first-order valence-corrected chi connectivity index (χ1v) is 4.87. The van der Waals surface area contributed by atoms with Gasteiger partial charge in [0.2, 0.25) is 0 Å². The van der Waals surface area contributed by atoms with Gasteiger partial charge in [0.05, 0.1) is 5.02 Å². The molecule has 1 nitrogen and oxygen atoms in total. The number of thioether (sulfide) groups is 1. The second kappa shape index (κ2) is 4.43. The highest BCUT2D eigenvalue weighted by molar-refractivity contribution is 7.99. The van der Waals surface area contributed by atoms with Crippen LogP contribution in [0.15, 0.2) is 41.4 Å². The third-order valence-corrected chi connectivity index (χ3v) is 2.87. The summed E-state index contributed by atoms with van der Waals surface area (Å²) in [5.41, 5.74) is 6.10. The van der Waals surface area contributed by atoms with Gasteiger partial charge in [-0.05, 0) is 12.1 Å². The lowest BCUT2D eigenvalue weighted by Gasteiger charge is -2.02. The normalized spacial score (nSPS) is 9.75. The lowest BCUT2D eigenvalue weighted by Crippen LogP contribution is -1.96. The Hall–Kier alpha value is -0.600. The first kappa shape index (κ1) is 9.49. The van der Waals surface area contributed by atoms with Crippen LogP contribution in [0.3, 0.4) is 0 Å². The van der Waals surface area contributed by atoms with Crippen molar-refractivity contribution in [2.75, 3.05) is 5.75 Å². The van der Waals surface area contributed by atoms with Crippen molar-refractivity contribution in [1.29, 1.82) is 0 Å². The Morgan fingerprint density at radius 3 is 2.75 bits per heavy atom. The highest BCUT2D eigenvalue weighted by atomic mass is 35.5. The summed E-state index contributed by atoms with van der Waals surface area (Å²) < 4.78 is 0. The van der Waals surface area contributed by atoms with E-state index in [1.54, 1.807) is 11.8 Å². The molecule has 0 spiro atoms. The van der Waals surface area contributed by atoms with E-state index in [0.29, 0.717) is 11.4 Å². The highest BCUT2D eigenvalue weighted by Gasteiger charge is 1.98. The van der Waals surface area contributed by atoms with E-state index in [4.69, 9.17) is 17.3 Å². The molecular weight excluding hydrogens is 190 g/mol. The number of rotatable bonds is 3. The number of benzene rings is 1. The fourth-order valence-electron chi connectivity index (χ4n) is 0.732. The third kappa shape index (κ3) is 2.80. The van der Waals surface area contributed by atoms with Gasteiger partial charge in [0.15, 0.2) is 0 Å². The number of hydrogen-bond acceptors (Lipinski definition) is 2. The molecule has 12 heavy (non-hydrogen) atoms. The maximum absolute atomic E-state index is 5.92. The molecule has 1 aromatic rings. The van der Waals surface area contributed by atoms with Crippen LogP contribution < -0.4 is 5.73 Å². The molecule has 0 saturated carbocycles. The predicted molar refractivity (Wildman–Crippen MR) is 55.5 cm³/mol. The molecule has 0 fully saturated rings. The van der Waals surface area contributed by atoms with Crippen molar-refractivity contribution < 1.29 is 0 Å². The van der Waals surface area contributed by atoms with Gasteiger partial charge >= 0.3 is 0 Å². The molecule has 3 heteroatoms. The van der Waals surface area contributed by atoms with Crippen molar-refractivity contribution in [2.24, 2.45) is 5.73 Å². The first-order chi connectivity index (χ1) is 5.70. The van der Waals surface area contributed by atoms with Crippen LogP contribution in [-0.2, 0) is 0 Å². The van der Waals surface area contributed by atoms with E-state index in [1.165, 1.54) is 0 Å². The van der Waals surface area contributed by atoms with Gasteiger partial charge in [0.25, 0.3) is 0 Å². The van der Waals surface area contributed by atoms with Crippen LogP contribution in [0.1, 0.15) is 0 Å². The van der Waals surface area contributed by atoms with Crippen molar-refractivity contribution in [3.8, 4) is 0 Å². The summed E-state index contributed by atoms with van der Waals surface area (Å²) in [5.74, 6) is 0.712. The second-order valence-electron chi connectivity index (χ2n) is 2.38. The summed E-state index contributed by atoms with van der Waals surface area (Å²) >= 11 is 7.52. The minimum atomic E-state index is 0.667. The van der Waals surface area contributed by atoms with E-state index in [-0.39, 0.29) is 0 Å². The largest absolute Gasteiger partial charge is 0.402 e. The topological polar surface area (TPSA) is 26.0 Å². The van der Waals surface area contributed by atoms with Crippen LogP contribution in [0.2, 0.25) is 5.02 Å². The van der Waals surface area contributed by atoms with Gasteiger partial charge in [-0.3, -0.25) is 0 Å². The van der Waals surface area contributed by atoms with Crippen molar-refractivity contribution in [3.05, 3.63) is 41.6 Å². The summed E-state index contributed by atoms with van der Waals surface area (Å²) in [5, 5.41) is 0.767. The van der Waals surface area contributed by atoms with Crippen molar-refractivity contribution in [1.82, 2.24) is 0 Å². The molecule has 1 rings (SSSR count). The Balaban J connectivity index is 2.63. The molecule has 0 unspecified atom stereocenters. The zero-order chi connectivity index (χ0) is 8.97. The van der Waals surface area contributed by atoms with Crippen LogP contribution in [0.25, 0.3) is 0 Å². The smallest absolute Gasteiger partial charge is 0.0541 e. The molecule has 0 saturated heterocycles. The van der Waals surface area contributed by atoms with E-state index in [9.17, 15) is 0 Å². The Bertz CT molecular complexity index is 286. The zero-order valence-electron chi connectivity index (χ0n) is 6.59. The van der Waals surface area contributed by atoms with Crippen molar-refractivity contribution in [3.63, 3.8) is 0 Å². The molecule has 0 radical (unpaired) electrons. The molecule has 0 aliphatic rings. The van der Waals surface area contributed by atoms with Crippen LogP contribution in [-0.4, -0.2) is 5.75 Å². The molecule has 0 atom stereocenters. The minimum absolute atomic E-state index is 0.667. The fourth-order valence-corrected chi connectivity index (χ4v) is 1.75. The second-order valence-corrected chi connectivity index (χ2v) is 3.80. The highest BCUT2D eigenvalue weighted by Crippen LogP contribution is 2.26. The molecule has 0 amide bonds. The molecule has 0 heterocycles. The molecule has 2 N–H and O–H groups in total. The predicted octanol–water partition coefficient (Wildman–Crippen LogP) is 2.90. The van der Waals surface area contributed by atoms with Gasteiger partial charge in [-0.1, -0.05) is 30.3 Å². The van der Waals surface area contributed by atoms with Gasteiger partial charge in [0, 0.05) is 16.3 Å². The van der Waals surface area contributed by atoms with E-state index in [0.717, 1.165) is 9.92 Å². The lowest BCUT2D eigenvalue weighted by molar-refractivity contribution is 1.34. The Labute approximate surface area is 81.6 Å². The maximum Gasteiger partial charge on any atom is 0.0541 e. The van der Waals surface area contributed by atoms with Crippen LogP contribution in [0.5, 0.6) is 0 Å². The SMILES string of the molecule is C=C(N)CSc1ccccc1Cl. The fraction of sp³-hybridized carbons (Fsp3) is 0.111. The van der Waals surface area contributed by atoms with E-state index in [2.05, 4.69) is 6.58 Å². The van der Waals surface area contributed by atoms with E-state index in [1.807, 2.05) is 24.3 Å². The molecule has 64 valence electrons. The van der Waals surface area contributed by atoms with Gasteiger partial charge < -0.3 is 5.73 Å². The van der Waals surface area contributed by atoms with E-state index >= 15 is 0 Å². The summed E-state index contributed by atoms with van der Waals surface area (Å²) in [6, 6.07) is 7.69. The zero-order valence-corrected chi connectivity index (χ0v) is 8.16.